The molecule has 9 heteroatoms. The number of fused-ring (bicyclic) bond motifs is 1. The fraction of sp³-hybridized carbons (Fsp3) is 0.158. The molecule has 0 amide bonds. The largest absolute Gasteiger partial charge is 0.428 e. The Balaban J connectivity index is 1.98. The molecule has 0 aliphatic carbocycles. The maximum atomic E-state index is 14.2. The third-order valence-electron chi connectivity index (χ3n) is 4.47. The first-order chi connectivity index (χ1) is 13.2. The number of rotatable bonds is 3. The van der Waals surface area contributed by atoms with E-state index in [1.165, 1.54) is 11.6 Å². The molecule has 4 rings (SSSR count). The van der Waals surface area contributed by atoms with Crippen LogP contribution in [0, 0.1) is 6.92 Å². The van der Waals surface area contributed by atoms with Crippen LogP contribution in [0.5, 0.6) is 0 Å². The monoisotopic (exact) mass is 404 g/mol. The van der Waals surface area contributed by atoms with Gasteiger partial charge in [-0.1, -0.05) is 30.3 Å². The number of alkyl halides is 3. The first kappa shape index (κ1) is 18.5. The zero-order valence-electron chi connectivity index (χ0n) is 14.6. The zero-order chi connectivity index (χ0) is 20.1. The van der Waals surface area contributed by atoms with E-state index in [0.29, 0.717) is 15.9 Å². The Kier molecular flexibility index (Phi) is 4.16. The number of aliphatic hydroxyl groups is 1. The topological polar surface area (TPSA) is 77.0 Å². The van der Waals surface area contributed by atoms with Crippen LogP contribution in [0.2, 0.25) is 0 Å². The summed E-state index contributed by atoms with van der Waals surface area (Å²) in [6.07, 6.45) is -5.05. The highest BCUT2D eigenvalue weighted by molar-refractivity contribution is 7.18. The standard InChI is InChI=1S/C19H15F3N4OS/c1-11-15(16(23)26(25-11)12-7-3-2-4-8-12)18(27,19(20,21)22)17-24-13-9-5-6-10-14(13)28-17/h2-10,27H,23H2,1H3/t18-/m1/s1. The summed E-state index contributed by atoms with van der Waals surface area (Å²) in [5, 5.41) is 14.7. The number of hydrogen-bond donors (Lipinski definition) is 2. The molecular formula is C19H15F3N4OS. The van der Waals surface area contributed by atoms with Crippen molar-refractivity contribution < 1.29 is 18.3 Å². The predicted octanol–water partition coefficient (Wildman–Crippen LogP) is 4.17. The average Bonchev–Trinajstić information content (AvgIpc) is 3.22. The predicted molar refractivity (Wildman–Crippen MR) is 101 cm³/mol. The van der Waals surface area contributed by atoms with Crippen molar-refractivity contribution in [1.29, 1.82) is 0 Å². The molecule has 0 saturated heterocycles. The van der Waals surface area contributed by atoms with E-state index in [9.17, 15) is 18.3 Å². The second kappa shape index (κ2) is 6.32. The van der Waals surface area contributed by atoms with Crippen LogP contribution in [0.3, 0.4) is 0 Å². The van der Waals surface area contributed by atoms with Gasteiger partial charge in [-0.15, -0.1) is 11.3 Å². The molecule has 2 heterocycles. The number of anilines is 1. The lowest BCUT2D eigenvalue weighted by Gasteiger charge is -2.28. The Morgan fingerprint density at radius 2 is 1.68 bits per heavy atom. The lowest BCUT2D eigenvalue weighted by atomic mass is 9.93. The molecule has 0 spiro atoms. The molecule has 0 fully saturated rings. The van der Waals surface area contributed by atoms with Crippen molar-refractivity contribution in [2.75, 3.05) is 5.73 Å². The molecule has 0 unspecified atom stereocenters. The summed E-state index contributed by atoms with van der Waals surface area (Å²) in [6.45, 7) is 1.38. The number of nitrogens with two attached hydrogens (primary N) is 1. The zero-order valence-corrected chi connectivity index (χ0v) is 15.4. The minimum Gasteiger partial charge on any atom is -0.383 e. The van der Waals surface area contributed by atoms with Crippen molar-refractivity contribution in [2.24, 2.45) is 0 Å². The van der Waals surface area contributed by atoms with E-state index in [4.69, 9.17) is 5.73 Å². The summed E-state index contributed by atoms with van der Waals surface area (Å²) in [5.74, 6) is -0.289. The van der Waals surface area contributed by atoms with Crippen LogP contribution in [-0.4, -0.2) is 26.0 Å². The molecular weight excluding hydrogens is 389 g/mol. The van der Waals surface area contributed by atoms with Crippen molar-refractivity contribution in [3.05, 3.63) is 70.9 Å². The summed E-state index contributed by atoms with van der Waals surface area (Å²) in [5.41, 5.74) is 3.01. The van der Waals surface area contributed by atoms with Gasteiger partial charge in [0.05, 0.1) is 27.2 Å². The number of aryl methyl sites for hydroxylation is 1. The van der Waals surface area contributed by atoms with Gasteiger partial charge in [0.2, 0.25) is 5.60 Å². The third-order valence-corrected chi connectivity index (χ3v) is 5.62. The van der Waals surface area contributed by atoms with Crippen LogP contribution in [0.15, 0.2) is 54.6 Å². The first-order valence-corrected chi connectivity index (χ1v) is 9.11. The first-order valence-electron chi connectivity index (χ1n) is 8.29. The number of halogens is 3. The lowest BCUT2D eigenvalue weighted by molar-refractivity contribution is -0.248. The van der Waals surface area contributed by atoms with Crippen molar-refractivity contribution in [1.82, 2.24) is 14.8 Å². The summed E-state index contributed by atoms with van der Waals surface area (Å²) in [6, 6.07) is 15.1. The molecule has 28 heavy (non-hydrogen) atoms. The summed E-state index contributed by atoms with van der Waals surface area (Å²) in [7, 11) is 0. The Labute approximate surface area is 161 Å². The summed E-state index contributed by atoms with van der Waals surface area (Å²) >= 11 is 0.775. The molecule has 0 radical (unpaired) electrons. The van der Waals surface area contributed by atoms with E-state index >= 15 is 0 Å². The van der Waals surface area contributed by atoms with E-state index in [1.54, 1.807) is 54.6 Å². The molecule has 3 N–H and O–H groups in total. The molecule has 0 aliphatic heterocycles. The molecule has 144 valence electrons. The van der Waals surface area contributed by atoms with E-state index in [0.717, 1.165) is 11.3 Å². The number of para-hydroxylation sites is 2. The molecule has 2 aromatic carbocycles. The van der Waals surface area contributed by atoms with E-state index in [-0.39, 0.29) is 11.5 Å². The van der Waals surface area contributed by atoms with Crippen molar-refractivity contribution in [2.45, 2.75) is 18.7 Å². The SMILES string of the molecule is Cc1nn(-c2ccccc2)c(N)c1[C@@](O)(c1nc2ccccc2s1)C(F)(F)F. The second-order valence-electron chi connectivity index (χ2n) is 6.29. The number of aromatic nitrogens is 3. The molecule has 5 nitrogen and oxygen atoms in total. The normalized spacial score (nSPS) is 14.3. The van der Waals surface area contributed by atoms with Gasteiger partial charge in [-0.2, -0.15) is 18.3 Å². The summed E-state index contributed by atoms with van der Waals surface area (Å²) < 4.78 is 44.3. The molecule has 2 aromatic heterocycles. The average molecular weight is 404 g/mol. The van der Waals surface area contributed by atoms with Gasteiger partial charge in [-0.05, 0) is 31.2 Å². The Bertz CT molecular complexity index is 1120. The van der Waals surface area contributed by atoms with E-state index < -0.39 is 22.3 Å². The van der Waals surface area contributed by atoms with Gasteiger partial charge in [0.15, 0.2) is 0 Å². The molecule has 1 atom stereocenters. The molecule has 0 bridgehead atoms. The fourth-order valence-corrected chi connectivity index (χ4v) is 4.24. The maximum Gasteiger partial charge on any atom is 0.428 e. The number of nitrogen functional groups attached to an aromatic ring is 1. The van der Waals surface area contributed by atoms with Gasteiger partial charge in [-0.3, -0.25) is 0 Å². The quantitative estimate of drug-likeness (QED) is 0.537. The Morgan fingerprint density at radius 1 is 1.04 bits per heavy atom. The van der Waals surface area contributed by atoms with Crippen LogP contribution in [0.25, 0.3) is 15.9 Å². The van der Waals surface area contributed by atoms with Crippen LogP contribution in [0.1, 0.15) is 16.3 Å². The maximum absolute atomic E-state index is 14.2. The van der Waals surface area contributed by atoms with Gasteiger partial charge >= 0.3 is 6.18 Å². The summed E-state index contributed by atoms with van der Waals surface area (Å²) in [4.78, 5) is 4.05. The van der Waals surface area contributed by atoms with Crippen LogP contribution >= 0.6 is 11.3 Å². The third kappa shape index (κ3) is 2.66. The fourth-order valence-electron chi connectivity index (χ4n) is 3.16. The smallest absolute Gasteiger partial charge is 0.383 e. The minimum atomic E-state index is -5.05. The number of benzene rings is 2. The van der Waals surface area contributed by atoms with Gasteiger partial charge < -0.3 is 10.8 Å². The number of thiazole rings is 1. The van der Waals surface area contributed by atoms with Crippen LogP contribution in [0.4, 0.5) is 19.0 Å². The second-order valence-corrected chi connectivity index (χ2v) is 7.32. The van der Waals surface area contributed by atoms with Gasteiger partial charge in [0.25, 0.3) is 0 Å². The van der Waals surface area contributed by atoms with Crippen LogP contribution in [-0.2, 0) is 5.60 Å². The lowest BCUT2D eigenvalue weighted by Crippen LogP contribution is -2.44. The highest BCUT2D eigenvalue weighted by atomic mass is 32.1. The van der Waals surface area contributed by atoms with Crippen molar-refractivity contribution in [3.63, 3.8) is 0 Å². The molecule has 0 saturated carbocycles. The number of nitrogens with zero attached hydrogens (tertiary/aromatic N) is 3. The van der Waals surface area contributed by atoms with Crippen LogP contribution < -0.4 is 5.73 Å². The highest BCUT2D eigenvalue weighted by Crippen LogP contribution is 2.49. The van der Waals surface area contributed by atoms with Crippen molar-refractivity contribution in [3.8, 4) is 5.69 Å². The van der Waals surface area contributed by atoms with Gasteiger partial charge in [0.1, 0.15) is 10.8 Å². The van der Waals surface area contributed by atoms with Gasteiger partial charge in [-0.25, -0.2) is 9.67 Å². The Morgan fingerprint density at radius 3 is 2.32 bits per heavy atom. The minimum absolute atomic E-state index is 0.0274. The van der Waals surface area contributed by atoms with E-state index in [2.05, 4.69) is 10.1 Å². The van der Waals surface area contributed by atoms with E-state index in [1.807, 2.05) is 0 Å². The van der Waals surface area contributed by atoms with Gasteiger partial charge in [0, 0.05) is 0 Å². The highest BCUT2D eigenvalue weighted by Gasteiger charge is 2.61. The molecule has 0 aliphatic rings. The molecule has 4 aromatic rings. The number of hydrogen-bond acceptors (Lipinski definition) is 5. The Hall–Kier alpha value is -2.91. The van der Waals surface area contributed by atoms with Crippen molar-refractivity contribution >= 4 is 27.4 Å².